The van der Waals surface area contributed by atoms with Crippen LogP contribution >= 0.6 is 23.8 Å². The second kappa shape index (κ2) is 7.91. The third kappa shape index (κ3) is 3.39. The molecule has 0 bridgehead atoms. The Balaban J connectivity index is 1.81. The van der Waals surface area contributed by atoms with Gasteiger partial charge in [0.25, 0.3) is 0 Å². The fourth-order valence-corrected chi connectivity index (χ4v) is 4.17. The zero-order valence-corrected chi connectivity index (χ0v) is 17.0. The lowest BCUT2D eigenvalue weighted by molar-refractivity contribution is 0.220. The summed E-state index contributed by atoms with van der Waals surface area (Å²) >= 11 is 11.8. The number of thiocarbonyl (C=S) groups is 1. The molecule has 0 unspecified atom stereocenters. The van der Waals surface area contributed by atoms with Crippen molar-refractivity contribution in [2.75, 3.05) is 13.2 Å². The molecule has 0 aliphatic carbocycles. The molecule has 0 spiro atoms. The Bertz CT molecular complexity index is 991. The second-order valence-electron chi connectivity index (χ2n) is 6.78. The van der Waals surface area contributed by atoms with Crippen LogP contribution < -0.4 is 5.32 Å². The van der Waals surface area contributed by atoms with E-state index in [1.54, 1.807) is 6.20 Å². The summed E-state index contributed by atoms with van der Waals surface area (Å²) in [4.78, 5) is 6.57. The van der Waals surface area contributed by atoms with E-state index in [9.17, 15) is 5.11 Å². The number of hydrogen-bond donors (Lipinski definition) is 2. The van der Waals surface area contributed by atoms with Crippen LogP contribution in [0.1, 0.15) is 29.0 Å². The number of aryl methyl sites for hydroxylation is 1. The molecule has 2 atom stereocenters. The highest BCUT2D eigenvalue weighted by molar-refractivity contribution is 7.80. The Labute approximate surface area is 174 Å². The van der Waals surface area contributed by atoms with Crippen molar-refractivity contribution in [2.24, 2.45) is 0 Å². The molecule has 1 saturated heterocycles. The van der Waals surface area contributed by atoms with Crippen LogP contribution in [0.4, 0.5) is 0 Å². The van der Waals surface area contributed by atoms with Crippen molar-refractivity contribution in [2.45, 2.75) is 19.0 Å². The van der Waals surface area contributed by atoms with E-state index in [2.05, 4.69) is 27.0 Å². The number of rotatable bonds is 5. The summed E-state index contributed by atoms with van der Waals surface area (Å²) in [7, 11) is 0. The summed E-state index contributed by atoms with van der Waals surface area (Å²) in [5.74, 6) is 0. The van der Waals surface area contributed by atoms with Crippen LogP contribution in [0, 0.1) is 6.92 Å². The standard InChI is InChI=1S/C21H21ClN4OS/c1-14-13-15(7-8-16(14)22)25-10-4-6-18(25)20-19(17-5-2-3-9-23-17)24-21(28)26(20)11-12-27/h2-10,13,19-20,27H,11-12H2,1H3,(H,24,28)/t19-,20-/m0/s1. The van der Waals surface area contributed by atoms with Crippen molar-refractivity contribution in [1.29, 1.82) is 0 Å². The average molecular weight is 413 g/mol. The second-order valence-corrected chi connectivity index (χ2v) is 7.57. The van der Waals surface area contributed by atoms with Crippen LogP contribution in [0.5, 0.6) is 0 Å². The summed E-state index contributed by atoms with van der Waals surface area (Å²) in [5, 5.41) is 14.4. The van der Waals surface area contributed by atoms with E-state index in [0.29, 0.717) is 11.7 Å². The molecule has 1 aliphatic heterocycles. The van der Waals surface area contributed by atoms with Crippen molar-refractivity contribution in [3.8, 4) is 5.69 Å². The minimum Gasteiger partial charge on any atom is -0.395 e. The lowest BCUT2D eigenvalue weighted by Gasteiger charge is -2.28. The zero-order chi connectivity index (χ0) is 19.7. The first-order valence-corrected chi connectivity index (χ1v) is 9.91. The summed E-state index contributed by atoms with van der Waals surface area (Å²) in [6.45, 7) is 2.47. The highest BCUT2D eigenvalue weighted by atomic mass is 35.5. The van der Waals surface area contributed by atoms with Crippen LogP contribution in [0.3, 0.4) is 0 Å². The molecule has 3 aromatic rings. The summed E-state index contributed by atoms with van der Waals surface area (Å²) < 4.78 is 2.14. The van der Waals surface area contributed by atoms with Crippen molar-refractivity contribution in [3.63, 3.8) is 0 Å². The fourth-order valence-electron chi connectivity index (χ4n) is 3.72. The van der Waals surface area contributed by atoms with E-state index >= 15 is 0 Å². The predicted octanol–water partition coefficient (Wildman–Crippen LogP) is 3.80. The molecule has 0 radical (unpaired) electrons. The smallest absolute Gasteiger partial charge is 0.170 e. The molecule has 2 N–H and O–H groups in total. The molecular weight excluding hydrogens is 392 g/mol. The molecule has 144 valence electrons. The van der Waals surface area contributed by atoms with Gasteiger partial charge in [-0.25, -0.2) is 0 Å². The molecule has 0 amide bonds. The van der Waals surface area contributed by atoms with E-state index in [0.717, 1.165) is 27.7 Å². The van der Waals surface area contributed by atoms with Gasteiger partial charge in [0.1, 0.15) is 0 Å². The number of aromatic nitrogens is 2. The van der Waals surface area contributed by atoms with E-state index < -0.39 is 0 Å². The van der Waals surface area contributed by atoms with Gasteiger partial charge in [0.15, 0.2) is 5.11 Å². The van der Waals surface area contributed by atoms with Crippen LogP contribution in [0.15, 0.2) is 60.9 Å². The molecule has 7 heteroatoms. The van der Waals surface area contributed by atoms with Gasteiger partial charge >= 0.3 is 0 Å². The van der Waals surface area contributed by atoms with Gasteiger partial charge < -0.3 is 19.9 Å². The van der Waals surface area contributed by atoms with Gasteiger partial charge in [0, 0.05) is 35.3 Å². The molecule has 1 aliphatic rings. The van der Waals surface area contributed by atoms with Crippen LogP contribution in [-0.4, -0.2) is 37.8 Å². The number of hydrogen-bond acceptors (Lipinski definition) is 3. The number of nitrogens with zero attached hydrogens (tertiary/aromatic N) is 3. The van der Waals surface area contributed by atoms with Crippen molar-refractivity contribution < 1.29 is 5.11 Å². The Morgan fingerprint density at radius 3 is 2.79 bits per heavy atom. The molecule has 1 fully saturated rings. The van der Waals surface area contributed by atoms with Crippen molar-refractivity contribution in [3.05, 3.63) is 82.9 Å². The quantitative estimate of drug-likeness (QED) is 0.624. The molecule has 2 aromatic heterocycles. The number of β-amino-alcohol motifs (C(OH)–C–C–N with tert-alkyl or cyclic N) is 1. The Morgan fingerprint density at radius 2 is 2.07 bits per heavy atom. The maximum absolute atomic E-state index is 9.60. The van der Waals surface area contributed by atoms with Crippen LogP contribution in [0.25, 0.3) is 5.69 Å². The van der Waals surface area contributed by atoms with E-state index in [1.165, 1.54) is 0 Å². The highest BCUT2D eigenvalue weighted by Crippen LogP contribution is 2.39. The zero-order valence-electron chi connectivity index (χ0n) is 15.4. The predicted molar refractivity (Wildman–Crippen MR) is 115 cm³/mol. The Kier molecular flexibility index (Phi) is 5.35. The lowest BCUT2D eigenvalue weighted by Crippen LogP contribution is -2.32. The van der Waals surface area contributed by atoms with Crippen molar-refractivity contribution in [1.82, 2.24) is 19.8 Å². The van der Waals surface area contributed by atoms with Crippen molar-refractivity contribution >= 4 is 28.9 Å². The van der Waals surface area contributed by atoms with Gasteiger partial charge in [0.05, 0.1) is 24.4 Å². The molecule has 3 heterocycles. The van der Waals surface area contributed by atoms with Crippen LogP contribution in [0.2, 0.25) is 5.02 Å². The average Bonchev–Trinajstić information content (AvgIpc) is 3.30. The van der Waals surface area contributed by atoms with Gasteiger partial charge in [-0.15, -0.1) is 0 Å². The van der Waals surface area contributed by atoms with Gasteiger partial charge in [-0.2, -0.15) is 0 Å². The third-order valence-electron chi connectivity index (χ3n) is 5.04. The largest absolute Gasteiger partial charge is 0.395 e. The first-order valence-electron chi connectivity index (χ1n) is 9.13. The number of benzene rings is 1. The highest BCUT2D eigenvalue weighted by Gasteiger charge is 2.40. The maximum atomic E-state index is 9.60. The molecule has 0 saturated carbocycles. The van der Waals surface area contributed by atoms with E-state index in [-0.39, 0.29) is 18.7 Å². The number of halogens is 1. The molecule has 5 nitrogen and oxygen atoms in total. The SMILES string of the molecule is Cc1cc(-n2cccc2[C@H]2[C@H](c3ccccn3)NC(=S)N2CCO)ccc1Cl. The summed E-state index contributed by atoms with van der Waals surface area (Å²) in [6.07, 6.45) is 3.82. The first-order chi connectivity index (χ1) is 13.6. The summed E-state index contributed by atoms with van der Waals surface area (Å²) in [5.41, 5.74) is 4.03. The van der Waals surface area contributed by atoms with Crippen LogP contribution in [-0.2, 0) is 0 Å². The number of aliphatic hydroxyl groups excluding tert-OH is 1. The van der Waals surface area contributed by atoms with E-state index in [1.807, 2.05) is 54.4 Å². The molecule has 28 heavy (non-hydrogen) atoms. The molecular formula is C21H21ClN4OS. The Hall–Kier alpha value is -2.41. The van der Waals surface area contributed by atoms with Gasteiger partial charge in [0.2, 0.25) is 0 Å². The number of nitrogens with one attached hydrogen (secondary N) is 1. The summed E-state index contributed by atoms with van der Waals surface area (Å²) in [6, 6.07) is 15.8. The minimum atomic E-state index is -0.109. The number of aliphatic hydroxyl groups is 1. The fraction of sp³-hybridized carbons (Fsp3) is 0.238. The molecule has 4 rings (SSSR count). The third-order valence-corrected chi connectivity index (χ3v) is 5.82. The van der Waals surface area contributed by atoms with Gasteiger partial charge in [-0.1, -0.05) is 17.7 Å². The first kappa shape index (κ1) is 18.9. The normalized spacial score (nSPS) is 19.1. The topological polar surface area (TPSA) is 53.3 Å². The lowest BCUT2D eigenvalue weighted by atomic mass is 10.0. The Morgan fingerprint density at radius 1 is 1.21 bits per heavy atom. The maximum Gasteiger partial charge on any atom is 0.170 e. The van der Waals surface area contributed by atoms with Gasteiger partial charge in [-0.05, 0) is 67.2 Å². The minimum absolute atomic E-state index is 0.0218. The monoisotopic (exact) mass is 412 g/mol. The van der Waals surface area contributed by atoms with E-state index in [4.69, 9.17) is 23.8 Å². The number of pyridine rings is 1. The van der Waals surface area contributed by atoms with Gasteiger partial charge in [-0.3, -0.25) is 4.98 Å². The molecule has 1 aromatic carbocycles.